The third-order valence-corrected chi connectivity index (χ3v) is 8.07. The predicted octanol–water partition coefficient (Wildman–Crippen LogP) is 2.70. The molecule has 1 unspecified atom stereocenters. The lowest BCUT2D eigenvalue weighted by Gasteiger charge is -2.46. The van der Waals surface area contributed by atoms with Crippen molar-refractivity contribution in [1.82, 2.24) is 20.2 Å². The number of nitrogens with zero attached hydrogens (tertiary/aromatic N) is 4. The van der Waals surface area contributed by atoms with Crippen LogP contribution in [0.25, 0.3) is 0 Å². The van der Waals surface area contributed by atoms with E-state index in [4.69, 9.17) is 9.47 Å². The zero-order valence-electron chi connectivity index (χ0n) is 22.9. The second-order valence-electron chi connectivity index (χ2n) is 10.2. The van der Waals surface area contributed by atoms with Gasteiger partial charge in [-0.05, 0) is 64.5 Å². The van der Waals surface area contributed by atoms with Crippen molar-refractivity contribution in [2.24, 2.45) is 10.1 Å². The molecule has 38 heavy (non-hydrogen) atoms. The molecule has 206 valence electrons. The monoisotopic (exact) mass is 525 g/mol. The van der Waals surface area contributed by atoms with Crippen LogP contribution < -0.4 is 21.5 Å². The van der Waals surface area contributed by atoms with Gasteiger partial charge in [-0.25, -0.2) is 0 Å². The molecule has 1 aromatic heterocycles. The van der Waals surface area contributed by atoms with Gasteiger partial charge < -0.3 is 30.0 Å². The van der Waals surface area contributed by atoms with Crippen LogP contribution in [0, 0.1) is 0 Å². The fourth-order valence-corrected chi connectivity index (χ4v) is 5.28. The lowest BCUT2D eigenvalue weighted by molar-refractivity contribution is -0.127. The van der Waals surface area contributed by atoms with Gasteiger partial charge in [0.1, 0.15) is 17.3 Å². The zero-order chi connectivity index (χ0) is 27.4. The number of pyridine rings is 1. The van der Waals surface area contributed by atoms with Crippen molar-refractivity contribution in [3.8, 4) is 0 Å². The number of amides is 1. The van der Waals surface area contributed by atoms with Crippen LogP contribution in [0.5, 0.6) is 0 Å². The molecule has 0 saturated heterocycles. The van der Waals surface area contributed by atoms with Crippen LogP contribution in [-0.2, 0) is 14.3 Å². The van der Waals surface area contributed by atoms with Crippen LogP contribution in [0.3, 0.4) is 0 Å². The summed E-state index contributed by atoms with van der Waals surface area (Å²) in [6.45, 7) is 7.35. The molecular formula is C27H39N7O4. The van der Waals surface area contributed by atoms with Crippen LogP contribution in [0.15, 0.2) is 56.5 Å². The molecule has 2 fully saturated rings. The van der Waals surface area contributed by atoms with Gasteiger partial charge in [-0.3, -0.25) is 14.6 Å². The van der Waals surface area contributed by atoms with E-state index in [2.05, 4.69) is 32.8 Å². The van der Waals surface area contributed by atoms with Crippen molar-refractivity contribution < 1.29 is 14.3 Å². The SMILES string of the molecule is C=NN1C(=NC)C=C(Nc2cccn(C3CCC(OC)CC3)c2=O)N/C1=C(/C)C(=O)NC1CC[C@]1(C)OC. The highest BCUT2D eigenvalue weighted by Crippen LogP contribution is 2.35. The fraction of sp³-hybridized carbons (Fsp3) is 0.556. The van der Waals surface area contributed by atoms with Crippen molar-refractivity contribution in [3.05, 3.63) is 52.0 Å². The number of methoxy groups -OCH3 is 2. The summed E-state index contributed by atoms with van der Waals surface area (Å²) in [5.74, 6) is 1.11. The number of hydrogen-bond donors (Lipinski definition) is 3. The Morgan fingerprint density at radius 3 is 2.55 bits per heavy atom. The van der Waals surface area contributed by atoms with Crippen LogP contribution in [0.4, 0.5) is 5.69 Å². The van der Waals surface area contributed by atoms with Gasteiger partial charge in [-0.2, -0.15) is 10.1 Å². The highest BCUT2D eigenvalue weighted by atomic mass is 16.5. The van der Waals surface area contributed by atoms with E-state index in [1.54, 1.807) is 44.9 Å². The fourth-order valence-electron chi connectivity index (χ4n) is 5.28. The Labute approximate surface area is 223 Å². The van der Waals surface area contributed by atoms with Gasteiger partial charge in [0.25, 0.3) is 11.5 Å². The van der Waals surface area contributed by atoms with E-state index < -0.39 is 0 Å². The number of nitrogens with one attached hydrogen (secondary N) is 3. The Kier molecular flexibility index (Phi) is 8.37. The molecular weight excluding hydrogens is 486 g/mol. The van der Waals surface area contributed by atoms with Crippen molar-refractivity contribution in [3.63, 3.8) is 0 Å². The number of hydrogen-bond acceptors (Lipinski definition) is 8. The number of rotatable bonds is 8. The van der Waals surface area contributed by atoms with E-state index >= 15 is 0 Å². The first-order valence-corrected chi connectivity index (χ1v) is 13.0. The van der Waals surface area contributed by atoms with Gasteiger partial charge in [-0.1, -0.05) is 0 Å². The predicted molar refractivity (Wildman–Crippen MR) is 148 cm³/mol. The minimum absolute atomic E-state index is 0.0847. The molecule has 11 nitrogen and oxygen atoms in total. The molecule has 0 spiro atoms. The molecule has 1 amide bonds. The quantitative estimate of drug-likeness (QED) is 0.352. The first-order chi connectivity index (χ1) is 18.2. The maximum absolute atomic E-state index is 13.4. The Bertz CT molecular complexity index is 1210. The number of carbonyl (C=O) groups excluding carboxylic acids is 1. The van der Waals surface area contributed by atoms with Crippen LogP contribution in [0.1, 0.15) is 58.4 Å². The molecule has 2 atom stereocenters. The lowest BCUT2D eigenvalue weighted by Crippen LogP contribution is -2.59. The van der Waals surface area contributed by atoms with E-state index in [1.807, 2.05) is 19.2 Å². The average Bonchev–Trinajstić information content (AvgIpc) is 2.94. The number of aliphatic imine (C=N–C) groups is 1. The summed E-state index contributed by atoms with van der Waals surface area (Å²) in [6, 6.07) is 3.65. The summed E-state index contributed by atoms with van der Waals surface area (Å²) < 4.78 is 12.9. The van der Waals surface area contributed by atoms with Gasteiger partial charge >= 0.3 is 0 Å². The second kappa shape index (κ2) is 11.5. The van der Waals surface area contributed by atoms with E-state index in [0.717, 1.165) is 38.5 Å². The van der Waals surface area contributed by atoms with Gasteiger partial charge in [0.05, 0.1) is 23.3 Å². The standard InChI is InChI=1S/C27H39N7O4/c1-17(25(35)31-21-13-14-27(21,2)38-6)24-32-22(16-23(28-3)34(24)29-4)30-20-8-7-15-33(26(20)36)18-9-11-19(37-5)12-10-18/h7-8,15-16,18-19,21,30,32H,4,9-14H2,1-3,5-6H3,(H,31,35)/b24-17+,28-23?/t18?,19?,21?,27-/m0/s1. The smallest absolute Gasteiger partial charge is 0.274 e. The zero-order valence-corrected chi connectivity index (χ0v) is 22.9. The normalized spacial score (nSPS) is 29.6. The van der Waals surface area contributed by atoms with Crippen LogP contribution >= 0.6 is 0 Å². The summed E-state index contributed by atoms with van der Waals surface area (Å²) >= 11 is 0. The molecule has 0 bridgehead atoms. The van der Waals surface area contributed by atoms with Crippen molar-refractivity contribution in [2.45, 2.75) is 76.2 Å². The summed E-state index contributed by atoms with van der Waals surface area (Å²) in [7, 11) is 5.02. The largest absolute Gasteiger partial charge is 0.381 e. The lowest BCUT2D eigenvalue weighted by atomic mass is 9.76. The van der Waals surface area contributed by atoms with Crippen molar-refractivity contribution >= 4 is 24.1 Å². The van der Waals surface area contributed by atoms with Crippen LogP contribution in [0.2, 0.25) is 0 Å². The minimum atomic E-state index is -0.379. The average molecular weight is 526 g/mol. The topological polar surface area (TPSA) is 122 Å². The van der Waals surface area contributed by atoms with E-state index in [-0.39, 0.29) is 35.3 Å². The molecule has 3 aliphatic rings. The molecule has 2 saturated carbocycles. The van der Waals surface area contributed by atoms with Gasteiger partial charge in [0, 0.05) is 46.3 Å². The summed E-state index contributed by atoms with van der Waals surface area (Å²) in [5.41, 5.74) is 0.327. The molecule has 4 rings (SSSR count). The third kappa shape index (κ3) is 5.39. The van der Waals surface area contributed by atoms with Crippen LogP contribution in [-0.4, -0.2) is 67.1 Å². The first-order valence-electron chi connectivity index (χ1n) is 13.0. The highest BCUT2D eigenvalue weighted by molar-refractivity contribution is 5.99. The molecule has 0 radical (unpaired) electrons. The Hall–Kier alpha value is -3.44. The highest BCUT2D eigenvalue weighted by Gasteiger charge is 2.44. The number of hydrazone groups is 1. The maximum Gasteiger partial charge on any atom is 0.274 e. The number of ether oxygens (including phenoxy) is 2. The van der Waals surface area contributed by atoms with Gasteiger partial charge in [0.2, 0.25) is 0 Å². The number of amidine groups is 1. The molecule has 1 aromatic rings. The minimum Gasteiger partial charge on any atom is -0.381 e. The summed E-state index contributed by atoms with van der Waals surface area (Å²) in [4.78, 5) is 30.9. The van der Waals surface area contributed by atoms with Crippen molar-refractivity contribution in [2.75, 3.05) is 26.6 Å². The Morgan fingerprint density at radius 2 is 1.97 bits per heavy atom. The maximum atomic E-state index is 13.4. The first kappa shape index (κ1) is 27.6. The van der Waals surface area contributed by atoms with E-state index in [0.29, 0.717) is 28.7 Å². The number of carbonyl (C=O) groups is 1. The third-order valence-electron chi connectivity index (χ3n) is 8.07. The van der Waals surface area contributed by atoms with E-state index in [1.165, 1.54) is 5.01 Å². The summed E-state index contributed by atoms with van der Waals surface area (Å²) in [6.07, 6.45) is 9.18. The number of anilines is 1. The van der Waals surface area contributed by atoms with Gasteiger partial charge in [0.15, 0.2) is 5.84 Å². The second-order valence-corrected chi connectivity index (χ2v) is 10.2. The van der Waals surface area contributed by atoms with E-state index in [9.17, 15) is 9.59 Å². The van der Waals surface area contributed by atoms with Gasteiger partial charge in [-0.15, -0.1) is 0 Å². The van der Waals surface area contributed by atoms with Crippen molar-refractivity contribution in [1.29, 1.82) is 0 Å². The number of aromatic nitrogens is 1. The molecule has 2 aliphatic carbocycles. The summed E-state index contributed by atoms with van der Waals surface area (Å²) in [5, 5.41) is 15.0. The Balaban J connectivity index is 1.57. The molecule has 3 N–H and O–H groups in total. The molecule has 0 aromatic carbocycles. The molecule has 2 heterocycles. The molecule has 1 aliphatic heterocycles. The molecule has 11 heteroatoms. The Morgan fingerprint density at radius 1 is 1.24 bits per heavy atom.